The number of carbonyl (C=O) groups is 1. The van der Waals surface area contributed by atoms with Gasteiger partial charge in [-0.15, -0.1) is 0 Å². The van der Waals surface area contributed by atoms with E-state index in [1.54, 1.807) is 0 Å². The molecule has 2 saturated heterocycles. The first-order valence-electron chi connectivity index (χ1n) is 25.7. The van der Waals surface area contributed by atoms with Gasteiger partial charge in [0.2, 0.25) is 5.91 Å². The summed E-state index contributed by atoms with van der Waals surface area (Å²) in [5.74, 6) is -0.0309. The number of ether oxygens (including phenoxy) is 5. The van der Waals surface area contributed by atoms with E-state index < -0.39 is 98.2 Å². The number of nitrogens with zero attached hydrogens (tertiary/aromatic N) is 1. The second kappa shape index (κ2) is 28.1. The predicted octanol–water partition coefficient (Wildman–Crippen LogP) is 2.07. The van der Waals surface area contributed by atoms with Gasteiger partial charge >= 0.3 is 0 Å². The minimum absolute atomic E-state index is 0.0309. The third kappa shape index (κ3) is 14.5. The molecule has 18 N–H and O–H groups in total. The third-order valence-electron chi connectivity index (χ3n) is 14.4. The number of aliphatic hydroxyl groups is 4. The summed E-state index contributed by atoms with van der Waals surface area (Å²) >= 11 is 6.92. The lowest BCUT2D eigenvalue weighted by Gasteiger charge is -2.49. The Hall–Kier alpha value is -2.70. The van der Waals surface area contributed by atoms with Crippen LogP contribution in [-0.2, 0) is 35.0 Å². The fourth-order valence-electron chi connectivity index (χ4n) is 10.3. The van der Waals surface area contributed by atoms with Crippen LogP contribution in [0.4, 0.5) is 0 Å². The molecule has 0 unspecified atom stereocenters. The molecular formula is C51H83ClN8O10. The van der Waals surface area contributed by atoms with E-state index in [1.807, 2.05) is 41.3 Å². The van der Waals surface area contributed by atoms with Crippen molar-refractivity contribution in [3.05, 3.63) is 59.1 Å². The molecule has 6 rings (SSSR count). The number of carbonyl (C=O) groups excluding carboxylic acids is 1. The van der Waals surface area contributed by atoms with Crippen molar-refractivity contribution in [2.45, 2.75) is 194 Å². The van der Waals surface area contributed by atoms with Gasteiger partial charge < -0.3 is 89.1 Å². The first-order valence-corrected chi connectivity index (χ1v) is 26.1. The zero-order chi connectivity index (χ0) is 50.3. The van der Waals surface area contributed by atoms with Gasteiger partial charge in [-0.2, -0.15) is 0 Å². The Labute approximate surface area is 418 Å². The summed E-state index contributed by atoms with van der Waals surface area (Å²) in [6, 6.07) is 12.6. The van der Waals surface area contributed by atoms with Crippen molar-refractivity contribution < 1.29 is 48.9 Å². The third-order valence-corrected chi connectivity index (χ3v) is 14.9. The highest BCUT2D eigenvalue weighted by Gasteiger charge is 2.51. The lowest BCUT2D eigenvalue weighted by molar-refractivity contribution is -0.318. The fourth-order valence-corrected chi connectivity index (χ4v) is 10.6. The molecule has 1 saturated carbocycles. The van der Waals surface area contributed by atoms with Crippen molar-refractivity contribution in [3.63, 3.8) is 0 Å². The van der Waals surface area contributed by atoms with Crippen LogP contribution in [0, 0.1) is 0 Å². The summed E-state index contributed by atoms with van der Waals surface area (Å²) < 4.78 is 31.0. The molecule has 1 amide bonds. The first kappa shape index (κ1) is 56.6. The summed E-state index contributed by atoms with van der Waals surface area (Å²) in [7, 11) is 0. The van der Waals surface area contributed by atoms with E-state index in [1.165, 1.54) is 0 Å². The van der Waals surface area contributed by atoms with Gasteiger partial charge in [0.05, 0.1) is 42.0 Å². The average molecular weight is 1000 g/mol. The van der Waals surface area contributed by atoms with Crippen LogP contribution in [0.15, 0.2) is 48.5 Å². The van der Waals surface area contributed by atoms with Crippen LogP contribution in [0.1, 0.15) is 102 Å². The number of fused-ring (bicyclic) bond motifs is 2. The van der Waals surface area contributed by atoms with Gasteiger partial charge in [-0.3, -0.25) is 4.79 Å². The number of unbranched alkanes of at least 4 members (excludes halogenated alkanes) is 10. The molecule has 0 bridgehead atoms. The Morgan fingerprint density at radius 1 is 0.686 bits per heavy atom. The standard InChI is InChI=1S/C51H83ClN8O10/c52-42-32-19-11-9-17-30(32)34(31-18-10-12-20-33(31)42)28-60(49(65)35(55)21-13-14-22-53)23-15-7-5-3-1-2-4-6-8-16-24-66-48-46(69-50-38(58)26-39(62)40(27-54)67-50)36(56)25-37(57)47(48)70-51-45(64)43(59)44(63)41(29-61)68-51/h9-12,17-20,35-41,43-48,50-51,61-64H,1-8,13-16,21-29,53-59H2/t35-,36-,37+,38+,39-,40+,41+,43-,44+,45+,46+,47-,48-,50+,51+/m0/s1. The maximum Gasteiger partial charge on any atom is 0.239 e. The lowest BCUT2D eigenvalue weighted by Crippen LogP contribution is -2.68. The van der Waals surface area contributed by atoms with E-state index in [9.17, 15) is 25.2 Å². The van der Waals surface area contributed by atoms with Crippen molar-refractivity contribution in [1.82, 2.24) is 4.90 Å². The van der Waals surface area contributed by atoms with Crippen molar-refractivity contribution in [1.29, 1.82) is 0 Å². The Bertz CT molecular complexity index is 1990. The molecule has 0 radical (unpaired) electrons. The first-order chi connectivity index (χ1) is 33.8. The number of hydrogen-bond donors (Lipinski definition) is 11. The molecule has 3 aliphatic rings. The van der Waals surface area contributed by atoms with Crippen molar-refractivity contribution in [3.8, 4) is 0 Å². The number of hydrogen-bond acceptors (Lipinski definition) is 17. The molecule has 394 valence electrons. The van der Waals surface area contributed by atoms with Crippen LogP contribution < -0.4 is 40.1 Å². The monoisotopic (exact) mass is 1000 g/mol. The van der Waals surface area contributed by atoms with E-state index >= 15 is 0 Å². The van der Waals surface area contributed by atoms with E-state index in [0.717, 1.165) is 109 Å². The molecule has 3 aromatic rings. The largest absolute Gasteiger partial charge is 0.394 e. The molecule has 19 heteroatoms. The molecule has 3 aromatic carbocycles. The quantitative estimate of drug-likeness (QED) is 0.0385. The van der Waals surface area contributed by atoms with Crippen LogP contribution in [0.3, 0.4) is 0 Å². The topological polar surface area (TPSA) is 330 Å². The number of benzene rings is 3. The Morgan fingerprint density at radius 2 is 1.23 bits per heavy atom. The smallest absolute Gasteiger partial charge is 0.239 e. The average Bonchev–Trinajstić information content (AvgIpc) is 3.35. The van der Waals surface area contributed by atoms with E-state index in [2.05, 4.69) is 12.1 Å². The highest BCUT2D eigenvalue weighted by Crippen LogP contribution is 2.37. The molecule has 3 fully saturated rings. The van der Waals surface area contributed by atoms with E-state index in [4.69, 9.17) is 75.4 Å². The number of amides is 1. The summed E-state index contributed by atoms with van der Waals surface area (Å²) in [4.78, 5) is 15.9. The minimum atomic E-state index is -1.43. The molecule has 2 heterocycles. The van der Waals surface area contributed by atoms with Gasteiger partial charge in [0.25, 0.3) is 0 Å². The van der Waals surface area contributed by atoms with Crippen molar-refractivity contribution in [2.24, 2.45) is 40.1 Å². The van der Waals surface area contributed by atoms with Crippen molar-refractivity contribution in [2.75, 3.05) is 32.8 Å². The van der Waals surface area contributed by atoms with Crippen LogP contribution in [0.2, 0.25) is 5.02 Å². The Balaban J connectivity index is 0.971. The molecule has 0 aromatic heterocycles. The summed E-state index contributed by atoms with van der Waals surface area (Å²) in [6.07, 6.45) is 2.50. The molecule has 70 heavy (non-hydrogen) atoms. The van der Waals surface area contributed by atoms with E-state index in [-0.39, 0.29) is 25.3 Å². The molecular weight excluding hydrogens is 920 g/mol. The second-order valence-corrected chi connectivity index (χ2v) is 20.1. The van der Waals surface area contributed by atoms with Gasteiger partial charge in [-0.05, 0) is 61.4 Å². The molecule has 0 spiro atoms. The molecule has 2 aliphatic heterocycles. The van der Waals surface area contributed by atoms with Crippen LogP contribution >= 0.6 is 11.6 Å². The van der Waals surface area contributed by atoms with Gasteiger partial charge in [0.15, 0.2) is 12.6 Å². The second-order valence-electron chi connectivity index (χ2n) is 19.7. The highest BCUT2D eigenvalue weighted by molar-refractivity contribution is 6.41. The molecule has 1 aliphatic carbocycles. The van der Waals surface area contributed by atoms with Crippen LogP contribution in [0.5, 0.6) is 0 Å². The molecule has 15 atom stereocenters. The lowest BCUT2D eigenvalue weighted by atomic mass is 9.84. The van der Waals surface area contributed by atoms with Gasteiger partial charge in [-0.1, -0.05) is 118 Å². The SMILES string of the molecule is NCCCC[C@H](N)C(=O)N(CCCCCCCCCCCCO[C@@H]1[C@@H](O[C@H]2O[C@H](CO)[C@@H](O)[C@H](N)[C@H]2O)[C@H](N)C[C@H](N)[C@H]1O[C@H]1O[C@H](CN)[C@@H](O)C[C@H]1N)Cc1c2ccccc2c(Cl)c2ccccc12. The van der Waals surface area contributed by atoms with Crippen LogP contribution in [0.25, 0.3) is 21.5 Å². The normalized spacial score (nSPS) is 31.0. The number of aliphatic hydroxyl groups excluding tert-OH is 4. The van der Waals surface area contributed by atoms with Crippen LogP contribution in [-0.4, -0.2) is 156 Å². The Kier molecular flexibility index (Phi) is 22.7. The zero-order valence-corrected chi connectivity index (χ0v) is 41.5. The van der Waals surface area contributed by atoms with Gasteiger partial charge in [0, 0.05) is 49.1 Å². The van der Waals surface area contributed by atoms with Gasteiger partial charge in [0.1, 0.15) is 36.6 Å². The van der Waals surface area contributed by atoms with Crippen molar-refractivity contribution >= 4 is 39.1 Å². The number of halogens is 1. The Morgan fingerprint density at radius 3 is 1.80 bits per heavy atom. The van der Waals surface area contributed by atoms with E-state index in [0.29, 0.717) is 32.7 Å². The van der Waals surface area contributed by atoms with Gasteiger partial charge in [-0.25, -0.2) is 0 Å². The summed E-state index contributed by atoms with van der Waals surface area (Å²) in [5, 5.41) is 46.4. The molecule has 18 nitrogen and oxygen atoms in total. The maximum absolute atomic E-state index is 13.9. The predicted molar refractivity (Wildman–Crippen MR) is 271 cm³/mol. The summed E-state index contributed by atoms with van der Waals surface area (Å²) in [6.45, 7) is 1.50. The summed E-state index contributed by atoms with van der Waals surface area (Å²) in [5.41, 5.74) is 45.0. The minimum Gasteiger partial charge on any atom is -0.394 e. The maximum atomic E-state index is 13.9. The number of rotatable bonds is 27. The number of nitrogens with two attached hydrogens (primary N) is 7. The zero-order valence-electron chi connectivity index (χ0n) is 40.7. The highest BCUT2D eigenvalue weighted by atomic mass is 35.5. The fraction of sp³-hybridized carbons (Fsp3) is 0.706.